The number of carbonyl (C=O) groups is 1. The van der Waals surface area contributed by atoms with E-state index in [4.69, 9.17) is 9.47 Å². The molecule has 1 aliphatic rings. The number of esters is 1. The fraction of sp³-hybridized carbons (Fsp3) is 0.900. The van der Waals surface area contributed by atoms with Crippen molar-refractivity contribution in [3.05, 3.63) is 0 Å². The predicted octanol–water partition coefficient (Wildman–Crippen LogP) is 0.660. The van der Waals surface area contributed by atoms with Crippen molar-refractivity contribution in [1.29, 1.82) is 0 Å². The van der Waals surface area contributed by atoms with Crippen molar-refractivity contribution >= 4 is 5.97 Å². The number of methoxy groups -OCH3 is 1. The highest BCUT2D eigenvalue weighted by atomic mass is 16.5. The van der Waals surface area contributed by atoms with Crippen LogP contribution in [0.15, 0.2) is 0 Å². The van der Waals surface area contributed by atoms with Crippen LogP contribution in [-0.2, 0) is 14.3 Å². The Morgan fingerprint density at radius 3 is 2.57 bits per heavy atom. The highest BCUT2D eigenvalue weighted by molar-refractivity contribution is 5.66. The number of piperidine rings is 1. The van der Waals surface area contributed by atoms with Gasteiger partial charge in [0.2, 0.25) is 0 Å². The van der Waals surface area contributed by atoms with Crippen molar-refractivity contribution in [3.8, 4) is 0 Å². The van der Waals surface area contributed by atoms with Crippen LogP contribution in [0.2, 0.25) is 0 Å². The van der Waals surface area contributed by atoms with Crippen molar-refractivity contribution in [2.24, 2.45) is 0 Å². The van der Waals surface area contributed by atoms with E-state index >= 15 is 0 Å². The van der Waals surface area contributed by atoms with Crippen molar-refractivity contribution in [1.82, 2.24) is 4.90 Å². The second-order valence-electron chi connectivity index (χ2n) is 3.64. The minimum absolute atomic E-state index is 0.131. The summed E-state index contributed by atoms with van der Waals surface area (Å²) in [5, 5.41) is 0. The topological polar surface area (TPSA) is 38.8 Å². The first kappa shape index (κ1) is 11.5. The Labute approximate surface area is 85.2 Å². The Hall–Kier alpha value is -0.610. The van der Waals surface area contributed by atoms with Crippen LogP contribution in [0.4, 0.5) is 0 Å². The van der Waals surface area contributed by atoms with Gasteiger partial charge in [-0.15, -0.1) is 0 Å². The zero-order chi connectivity index (χ0) is 10.4. The van der Waals surface area contributed by atoms with Crippen molar-refractivity contribution in [2.45, 2.75) is 25.9 Å². The van der Waals surface area contributed by atoms with Gasteiger partial charge in [-0.05, 0) is 12.8 Å². The summed E-state index contributed by atoms with van der Waals surface area (Å²) in [5.74, 6) is -0.166. The third-order valence-electron chi connectivity index (χ3n) is 2.48. The van der Waals surface area contributed by atoms with E-state index in [2.05, 4.69) is 4.90 Å². The van der Waals surface area contributed by atoms with E-state index in [1.165, 1.54) is 6.92 Å². The number of likely N-dealkylation sites (tertiary alicyclic amines) is 1. The van der Waals surface area contributed by atoms with E-state index in [9.17, 15) is 4.79 Å². The molecule has 82 valence electrons. The Balaban J connectivity index is 2.14. The molecule has 0 atom stereocenters. The van der Waals surface area contributed by atoms with Gasteiger partial charge in [-0.1, -0.05) is 0 Å². The molecule has 1 heterocycles. The molecule has 0 radical (unpaired) electrons. The maximum Gasteiger partial charge on any atom is 0.302 e. The van der Waals surface area contributed by atoms with Crippen molar-refractivity contribution in [3.63, 3.8) is 0 Å². The van der Waals surface area contributed by atoms with E-state index in [1.54, 1.807) is 7.11 Å². The van der Waals surface area contributed by atoms with E-state index in [0.717, 1.165) is 39.1 Å². The molecule has 1 aliphatic heterocycles. The highest BCUT2D eigenvalue weighted by Crippen LogP contribution is 2.13. The molecule has 14 heavy (non-hydrogen) atoms. The summed E-state index contributed by atoms with van der Waals surface area (Å²) in [4.78, 5) is 13.0. The minimum Gasteiger partial charge on any atom is -0.462 e. The molecule has 0 unspecified atom stereocenters. The average molecular weight is 201 g/mol. The molecule has 4 heteroatoms. The maximum absolute atomic E-state index is 10.7. The third-order valence-corrected chi connectivity index (χ3v) is 2.48. The number of nitrogens with zero attached hydrogens (tertiary/aromatic N) is 1. The zero-order valence-corrected chi connectivity index (χ0v) is 8.99. The Kier molecular flexibility index (Phi) is 4.90. The smallest absolute Gasteiger partial charge is 0.302 e. The molecule has 0 aromatic heterocycles. The summed E-state index contributed by atoms with van der Waals surface area (Å²) in [6, 6.07) is 0. The van der Waals surface area contributed by atoms with Crippen LogP contribution in [0, 0.1) is 0 Å². The number of carbonyl (C=O) groups excluding carboxylic acids is 1. The second kappa shape index (κ2) is 5.98. The summed E-state index contributed by atoms with van der Waals surface area (Å²) in [6.45, 7) is 5.22. The molecular weight excluding hydrogens is 182 g/mol. The van der Waals surface area contributed by atoms with Gasteiger partial charge in [0.1, 0.15) is 6.10 Å². The fourth-order valence-corrected chi connectivity index (χ4v) is 1.71. The van der Waals surface area contributed by atoms with Gasteiger partial charge in [0.05, 0.1) is 6.61 Å². The summed E-state index contributed by atoms with van der Waals surface area (Å²) >= 11 is 0. The highest BCUT2D eigenvalue weighted by Gasteiger charge is 2.20. The lowest BCUT2D eigenvalue weighted by Gasteiger charge is -2.31. The van der Waals surface area contributed by atoms with Crippen LogP contribution in [0.25, 0.3) is 0 Å². The molecule has 0 saturated carbocycles. The summed E-state index contributed by atoms with van der Waals surface area (Å²) < 4.78 is 10.2. The molecule has 0 spiro atoms. The lowest BCUT2D eigenvalue weighted by atomic mass is 10.1. The SMILES string of the molecule is COCCN1CCC(OC(C)=O)CC1. The largest absolute Gasteiger partial charge is 0.462 e. The minimum atomic E-state index is -0.166. The third kappa shape index (κ3) is 4.07. The van der Waals surface area contributed by atoms with Gasteiger partial charge in [-0.3, -0.25) is 4.79 Å². The summed E-state index contributed by atoms with van der Waals surface area (Å²) in [7, 11) is 1.71. The lowest BCUT2D eigenvalue weighted by molar-refractivity contribution is -0.148. The molecule has 1 fully saturated rings. The van der Waals surface area contributed by atoms with E-state index in [-0.39, 0.29) is 12.1 Å². The van der Waals surface area contributed by atoms with Crippen LogP contribution < -0.4 is 0 Å². The van der Waals surface area contributed by atoms with Crippen LogP contribution >= 0.6 is 0 Å². The van der Waals surface area contributed by atoms with Gasteiger partial charge in [0.15, 0.2) is 0 Å². The van der Waals surface area contributed by atoms with Gasteiger partial charge in [-0.2, -0.15) is 0 Å². The first-order valence-corrected chi connectivity index (χ1v) is 5.11. The molecule has 0 aliphatic carbocycles. The monoisotopic (exact) mass is 201 g/mol. The molecule has 1 saturated heterocycles. The van der Waals surface area contributed by atoms with Gasteiger partial charge in [0, 0.05) is 33.7 Å². The van der Waals surface area contributed by atoms with Crippen LogP contribution in [0.3, 0.4) is 0 Å². The molecule has 0 N–H and O–H groups in total. The Morgan fingerprint density at radius 2 is 2.07 bits per heavy atom. The molecule has 4 nitrogen and oxygen atoms in total. The molecule has 0 aromatic rings. The number of ether oxygens (including phenoxy) is 2. The standard InChI is InChI=1S/C10H19NO3/c1-9(12)14-10-3-5-11(6-4-10)7-8-13-2/h10H,3-8H2,1-2H3. The van der Waals surface area contributed by atoms with Crippen LogP contribution in [-0.4, -0.2) is 50.3 Å². The van der Waals surface area contributed by atoms with Gasteiger partial charge < -0.3 is 14.4 Å². The Bertz CT molecular complexity index is 176. The van der Waals surface area contributed by atoms with E-state index in [0.29, 0.717) is 0 Å². The molecule has 0 amide bonds. The van der Waals surface area contributed by atoms with Crippen LogP contribution in [0.5, 0.6) is 0 Å². The number of rotatable bonds is 4. The van der Waals surface area contributed by atoms with E-state index in [1.807, 2.05) is 0 Å². The van der Waals surface area contributed by atoms with E-state index < -0.39 is 0 Å². The first-order valence-electron chi connectivity index (χ1n) is 5.11. The average Bonchev–Trinajstić information content (AvgIpc) is 2.16. The zero-order valence-electron chi connectivity index (χ0n) is 8.99. The quantitative estimate of drug-likeness (QED) is 0.626. The summed E-state index contributed by atoms with van der Waals surface area (Å²) in [5.41, 5.74) is 0. The molecule has 1 rings (SSSR count). The number of hydrogen-bond donors (Lipinski definition) is 0. The van der Waals surface area contributed by atoms with Gasteiger partial charge in [-0.25, -0.2) is 0 Å². The number of hydrogen-bond acceptors (Lipinski definition) is 4. The van der Waals surface area contributed by atoms with Gasteiger partial charge in [0.25, 0.3) is 0 Å². The normalized spacial score (nSPS) is 19.6. The predicted molar refractivity (Wildman–Crippen MR) is 53.1 cm³/mol. The molecule has 0 bridgehead atoms. The first-order chi connectivity index (χ1) is 6.72. The van der Waals surface area contributed by atoms with Crippen molar-refractivity contribution < 1.29 is 14.3 Å². The maximum atomic E-state index is 10.7. The summed E-state index contributed by atoms with van der Waals surface area (Å²) in [6.07, 6.45) is 2.03. The van der Waals surface area contributed by atoms with Crippen molar-refractivity contribution in [2.75, 3.05) is 33.4 Å². The lowest BCUT2D eigenvalue weighted by Crippen LogP contribution is -2.39. The van der Waals surface area contributed by atoms with Crippen LogP contribution in [0.1, 0.15) is 19.8 Å². The Morgan fingerprint density at radius 1 is 1.43 bits per heavy atom. The van der Waals surface area contributed by atoms with Gasteiger partial charge >= 0.3 is 5.97 Å². The fourth-order valence-electron chi connectivity index (χ4n) is 1.71. The molecular formula is C10H19NO3. The molecule has 0 aromatic carbocycles. The second-order valence-corrected chi connectivity index (χ2v) is 3.64.